The molecule has 0 bridgehead atoms. The predicted octanol–water partition coefficient (Wildman–Crippen LogP) is 2.35. The molecular weight excluding hydrogens is 292 g/mol. The molecule has 5 heteroatoms. The minimum atomic E-state index is -0.444. The molecule has 1 heterocycles. The zero-order chi connectivity index (χ0) is 15.8. The third-order valence-electron chi connectivity index (χ3n) is 4.39. The number of para-hydroxylation sites is 1. The van der Waals surface area contributed by atoms with Crippen LogP contribution in [0.5, 0.6) is 0 Å². The average Bonchev–Trinajstić information content (AvgIpc) is 2.98. The van der Waals surface area contributed by atoms with Crippen LogP contribution in [0.1, 0.15) is 23.7 Å². The van der Waals surface area contributed by atoms with Gasteiger partial charge in [0.25, 0.3) is 5.56 Å². The van der Waals surface area contributed by atoms with Gasteiger partial charge in [0.05, 0.1) is 17.0 Å². The summed E-state index contributed by atoms with van der Waals surface area (Å²) in [6.45, 7) is 0.120. The van der Waals surface area contributed by atoms with E-state index in [2.05, 4.69) is 17.1 Å². The summed E-state index contributed by atoms with van der Waals surface area (Å²) in [5, 5.41) is 0.488. The zero-order valence-corrected chi connectivity index (χ0v) is 12.5. The summed E-state index contributed by atoms with van der Waals surface area (Å²) in [6.07, 6.45) is 1.89. The van der Waals surface area contributed by atoms with Gasteiger partial charge in [-0.05, 0) is 36.1 Å². The molecule has 0 spiro atoms. The van der Waals surface area contributed by atoms with Crippen molar-refractivity contribution in [1.29, 1.82) is 0 Å². The van der Waals surface area contributed by atoms with E-state index in [-0.39, 0.29) is 18.4 Å². The third kappa shape index (κ3) is 2.39. The first-order valence-corrected chi connectivity index (χ1v) is 7.65. The van der Waals surface area contributed by atoms with Gasteiger partial charge in [-0.1, -0.05) is 36.4 Å². The molecule has 2 aromatic carbocycles. The van der Waals surface area contributed by atoms with Crippen LogP contribution in [-0.4, -0.2) is 9.55 Å². The van der Waals surface area contributed by atoms with Gasteiger partial charge >= 0.3 is 5.69 Å². The molecule has 5 nitrogen and oxygen atoms in total. The molecular formula is C18H16N2O3. The number of aromatic nitrogens is 2. The van der Waals surface area contributed by atoms with Gasteiger partial charge in [0, 0.05) is 0 Å². The lowest BCUT2D eigenvalue weighted by Gasteiger charge is -2.15. The minimum absolute atomic E-state index is 0.0104. The predicted molar refractivity (Wildman–Crippen MR) is 87.4 cm³/mol. The number of benzene rings is 2. The first-order chi connectivity index (χ1) is 11.2. The number of fused-ring (bicyclic) bond motifs is 2. The number of aryl methyl sites for hydroxylation is 1. The number of nitrogens with one attached hydrogen (secondary N) is 1. The lowest BCUT2D eigenvalue weighted by Crippen LogP contribution is -2.31. The van der Waals surface area contributed by atoms with Crippen molar-refractivity contribution in [2.24, 2.45) is 0 Å². The molecule has 0 aliphatic heterocycles. The van der Waals surface area contributed by atoms with E-state index < -0.39 is 5.69 Å². The molecule has 1 atom stereocenters. The van der Waals surface area contributed by atoms with Crippen molar-refractivity contribution in [3.8, 4) is 0 Å². The summed E-state index contributed by atoms with van der Waals surface area (Å²) in [7, 11) is 0. The summed E-state index contributed by atoms with van der Waals surface area (Å²) in [6, 6.07) is 15.3. The van der Waals surface area contributed by atoms with Crippen LogP contribution in [0.3, 0.4) is 0 Å². The maximum absolute atomic E-state index is 12.1. The van der Waals surface area contributed by atoms with Crippen molar-refractivity contribution in [2.75, 3.05) is 0 Å². The molecule has 23 heavy (non-hydrogen) atoms. The van der Waals surface area contributed by atoms with E-state index >= 15 is 0 Å². The Morgan fingerprint density at radius 3 is 2.78 bits per heavy atom. The summed E-state index contributed by atoms with van der Waals surface area (Å²) in [5.74, 6) is 0. The number of ether oxygens (including phenoxy) is 1. The fraction of sp³-hybridized carbons (Fsp3) is 0.222. The van der Waals surface area contributed by atoms with Crippen molar-refractivity contribution in [2.45, 2.75) is 25.7 Å². The van der Waals surface area contributed by atoms with Gasteiger partial charge in [-0.25, -0.2) is 4.79 Å². The van der Waals surface area contributed by atoms with Gasteiger partial charge in [0.1, 0.15) is 6.73 Å². The van der Waals surface area contributed by atoms with Crippen molar-refractivity contribution in [3.63, 3.8) is 0 Å². The molecule has 116 valence electrons. The van der Waals surface area contributed by atoms with Crippen LogP contribution in [0.4, 0.5) is 0 Å². The van der Waals surface area contributed by atoms with Crippen LogP contribution < -0.4 is 11.2 Å². The number of H-pyrrole nitrogens is 1. The van der Waals surface area contributed by atoms with Gasteiger partial charge in [-0.2, -0.15) is 0 Å². The molecule has 1 aliphatic rings. The van der Waals surface area contributed by atoms with Crippen LogP contribution in [0.25, 0.3) is 10.9 Å². The van der Waals surface area contributed by atoms with E-state index in [1.54, 1.807) is 18.2 Å². The Kier molecular flexibility index (Phi) is 3.35. The molecule has 0 radical (unpaired) electrons. The lowest BCUT2D eigenvalue weighted by molar-refractivity contribution is 0.00675. The maximum Gasteiger partial charge on any atom is 0.330 e. The van der Waals surface area contributed by atoms with E-state index in [4.69, 9.17) is 4.74 Å². The fourth-order valence-electron chi connectivity index (χ4n) is 3.23. The van der Waals surface area contributed by atoms with E-state index in [1.165, 1.54) is 15.7 Å². The second-order valence-electron chi connectivity index (χ2n) is 5.73. The smallest absolute Gasteiger partial charge is 0.330 e. The van der Waals surface area contributed by atoms with Crippen molar-refractivity contribution < 1.29 is 4.74 Å². The SMILES string of the molecule is O=c1[nH]c(=O)n(COC2CCc3ccccc32)c2ccccc12. The minimum Gasteiger partial charge on any atom is -0.353 e. The molecule has 1 aromatic heterocycles. The number of hydrogen-bond donors (Lipinski definition) is 1. The average molecular weight is 308 g/mol. The fourth-order valence-corrected chi connectivity index (χ4v) is 3.23. The summed E-state index contributed by atoms with van der Waals surface area (Å²) >= 11 is 0. The Balaban J connectivity index is 1.67. The summed E-state index contributed by atoms with van der Waals surface area (Å²) in [4.78, 5) is 26.3. The van der Waals surface area contributed by atoms with Gasteiger partial charge in [-0.15, -0.1) is 0 Å². The van der Waals surface area contributed by atoms with Crippen LogP contribution >= 0.6 is 0 Å². The highest BCUT2D eigenvalue weighted by Crippen LogP contribution is 2.33. The van der Waals surface area contributed by atoms with Crippen LogP contribution in [-0.2, 0) is 17.9 Å². The van der Waals surface area contributed by atoms with E-state index in [9.17, 15) is 9.59 Å². The molecule has 1 aliphatic carbocycles. The quantitative estimate of drug-likeness (QED) is 0.808. The molecule has 0 amide bonds. The molecule has 3 aromatic rings. The number of rotatable bonds is 3. The van der Waals surface area contributed by atoms with Crippen molar-refractivity contribution in [1.82, 2.24) is 9.55 Å². The van der Waals surface area contributed by atoms with E-state index in [1.807, 2.05) is 18.2 Å². The largest absolute Gasteiger partial charge is 0.353 e. The highest BCUT2D eigenvalue weighted by Gasteiger charge is 2.22. The first kappa shape index (κ1) is 14.0. The number of hydrogen-bond acceptors (Lipinski definition) is 3. The topological polar surface area (TPSA) is 64.1 Å². The molecule has 1 unspecified atom stereocenters. The highest BCUT2D eigenvalue weighted by atomic mass is 16.5. The van der Waals surface area contributed by atoms with Crippen molar-refractivity contribution in [3.05, 3.63) is 80.5 Å². The van der Waals surface area contributed by atoms with E-state index in [0.717, 1.165) is 12.8 Å². The maximum atomic E-state index is 12.1. The second-order valence-corrected chi connectivity index (χ2v) is 5.73. The molecule has 0 saturated carbocycles. The Morgan fingerprint density at radius 2 is 1.87 bits per heavy atom. The molecule has 1 N–H and O–H groups in total. The van der Waals surface area contributed by atoms with Crippen molar-refractivity contribution >= 4 is 10.9 Å². The Labute approximate surface area is 132 Å². The molecule has 0 saturated heterocycles. The Hall–Kier alpha value is -2.66. The standard InChI is InChI=1S/C18H16N2O3/c21-17-14-7-3-4-8-15(14)20(18(22)19-17)11-23-16-10-9-12-5-1-2-6-13(12)16/h1-8,16H,9-11H2,(H,19,21,22). The first-order valence-electron chi connectivity index (χ1n) is 7.65. The van der Waals surface area contributed by atoms with Gasteiger partial charge in [0.2, 0.25) is 0 Å². The molecule has 4 rings (SSSR count). The Bertz CT molecular complexity index is 987. The van der Waals surface area contributed by atoms with Gasteiger partial charge in [-0.3, -0.25) is 14.3 Å². The van der Waals surface area contributed by atoms with Crippen LogP contribution in [0, 0.1) is 0 Å². The third-order valence-corrected chi connectivity index (χ3v) is 4.39. The summed E-state index contributed by atoms with van der Waals surface area (Å²) < 4.78 is 7.46. The van der Waals surface area contributed by atoms with Crippen LogP contribution in [0.2, 0.25) is 0 Å². The van der Waals surface area contributed by atoms with Gasteiger partial charge < -0.3 is 4.74 Å². The lowest BCUT2D eigenvalue weighted by atomic mass is 10.1. The monoisotopic (exact) mass is 308 g/mol. The van der Waals surface area contributed by atoms with Gasteiger partial charge in [0.15, 0.2) is 0 Å². The number of nitrogens with zero attached hydrogens (tertiary/aromatic N) is 1. The number of aromatic amines is 1. The Morgan fingerprint density at radius 1 is 1.09 bits per heavy atom. The summed E-state index contributed by atoms with van der Waals surface area (Å²) in [5.41, 5.74) is 2.27. The van der Waals surface area contributed by atoms with E-state index in [0.29, 0.717) is 10.9 Å². The molecule has 0 fully saturated rings. The normalized spacial score (nSPS) is 16.6. The zero-order valence-electron chi connectivity index (χ0n) is 12.5. The van der Waals surface area contributed by atoms with Crippen LogP contribution in [0.15, 0.2) is 58.1 Å². The highest BCUT2D eigenvalue weighted by molar-refractivity contribution is 5.77. The second kappa shape index (κ2) is 5.52.